The summed E-state index contributed by atoms with van der Waals surface area (Å²) in [5, 5.41) is 8.35. The Morgan fingerprint density at radius 2 is 2.06 bits per heavy atom. The number of likely N-dealkylation sites (N-methyl/N-ethyl adjacent to an activating group) is 1. The summed E-state index contributed by atoms with van der Waals surface area (Å²) in [4.78, 5) is 16.3. The van der Waals surface area contributed by atoms with Crippen molar-refractivity contribution in [1.82, 2.24) is 9.91 Å². The number of nitrogens with zero attached hydrogens (tertiary/aromatic N) is 3. The SMILES string of the molecule is COc1ccc(C2CC(c3cccs3)=NN2C(=O)CN(C)Cc2ccco2)cc1OC. The fourth-order valence-corrected chi connectivity index (χ4v) is 4.40. The van der Waals surface area contributed by atoms with Crippen molar-refractivity contribution in [2.75, 3.05) is 27.8 Å². The predicted molar refractivity (Wildman–Crippen MR) is 120 cm³/mol. The smallest absolute Gasteiger partial charge is 0.257 e. The highest BCUT2D eigenvalue weighted by molar-refractivity contribution is 7.12. The van der Waals surface area contributed by atoms with Crippen molar-refractivity contribution >= 4 is 23.0 Å². The van der Waals surface area contributed by atoms with Crippen molar-refractivity contribution < 1.29 is 18.7 Å². The molecule has 162 valence electrons. The van der Waals surface area contributed by atoms with Gasteiger partial charge >= 0.3 is 0 Å². The maximum Gasteiger partial charge on any atom is 0.257 e. The van der Waals surface area contributed by atoms with Gasteiger partial charge in [-0.2, -0.15) is 5.10 Å². The van der Waals surface area contributed by atoms with Gasteiger partial charge in [0.15, 0.2) is 11.5 Å². The summed E-state index contributed by atoms with van der Waals surface area (Å²) < 4.78 is 16.2. The molecule has 7 nitrogen and oxygen atoms in total. The van der Waals surface area contributed by atoms with Gasteiger partial charge in [0.2, 0.25) is 0 Å². The summed E-state index contributed by atoms with van der Waals surface area (Å²) in [7, 11) is 5.11. The van der Waals surface area contributed by atoms with Gasteiger partial charge in [0.25, 0.3) is 5.91 Å². The van der Waals surface area contributed by atoms with Crippen molar-refractivity contribution in [2.45, 2.75) is 19.0 Å². The molecule has 0 saturated carbocycles. The van der Waals surface area contributed by atoms with E-state index < -0.39 is 0 Å². The van der Waals surface area contributed by atoms with E-state index in [0.717, 1.165) is 21.9 Å². The van der Waals surface area contributed by atoms with Crippen LogP contribution in [0.15, 0.2) is 63.6 Å². The highest BCUT2D eigenvalue weighted by Crippen LogP contribution is 2.37. The first-order valence-corrected chi connectivity index (χ1v) is 10.8. The van der Waals surface area contributed by atoms with Gasteiger partial charge in [-0.3, -0.25) is 9.69 Å². The number of benzene rings is 1. The van der Waals surface area contributed by atoms with Crippen molar-refractivity contribution in [3.8, 4) is 11.5 Å². The lowest BCUT2D eigenvalue weighted by Gasteiger charge is -2.25. The number of thiophene rings is 1. The largest absolute Gasteiger partial charge is 0.493 e. The van der Waals surface area contributed by atoms with Crippen LogP contribution in [0.25, 0.3) is 0 Å². The topological polar surface area (TPSA) is 67.5 Å². The van der Waals surface area contributed by atoms with Gasteiger partial charge < -0.3 is 13.9 Å². The minimum Gasteiger partial charge on any atom is -0.493 e. The van der Waals surface area contributed by atoms with Gasteiger partial charge in [-0.15, -0.1) is 11.3 Å². The first-order valence-electron chi connectivity index (χ1n) is 9.95. The second kappa shape index (κ2) is 9.36. The van der Waals surface area contributed by atoms with Crippen LogP contribution >= 0.6 is 11.3 Å². The van der Waals surface area contributed by atoms with E-state index in [1.807, 2.05) is 59.8 Å². The summed E-state index contributed by atoms with van der Waals surface area (Å²) >= 11 is 1.63. The fourth-order valence-electron chi connectivity index (χ4n) is 3.68. The van der Waals surface area contributed by atoms with Crippen LogP contribution in [0.5, 0.6) is 11.5 Å². The zero-order chi connectivity index (χ0) is 21.8. The lowest BCUT2D eigenvalue weighted by Crippen LogP contribution is -2.36. The zero-order valence-electron chi connectivity index (χ0n) is 17.8. The molecule has 0 radical (unpaired) electrons. The normalized spacial score (nSPS) is 15.9. The molecule has 3 aromatic rings. The number of hydrogen-bond donors (Lipinski definition) is 0. The first-order chi connectivity index (χ1) is 15.1. The number of hydrazone groups is 1. The van der Waals surface area contributed by atoms with Crippen molar-refractivity contribution in [2.24, 2.45) is 5.10 Å². The Labute approximate surface area is 185 Å². The van der Waals surface area contributed by atoms with Crippen LogP contribution in [-0.4, -0.2) is 49.3 Å². The van der Waals surface area contributed by atoms with E-state index in [0.29, 0.717) is 24.5 Å². The third-order valence-electron chi connectivity index (χ3n) is 5.17. The van der Waals surface area contributed by atoms with Gasteiger partial charge in [-0.25, -0.2) is 5.01 Å². The van der Waals surface area contributed by atoms with Gasteiger partial charge in [0.1, 0.15) is 5.76 Å². The molecule has 0 fully saturated rings. The third-order valence-corrected chi connectivity index (χ3v) is 6.09. The lowest BCUT2D eigenvalue weighted by molar-refractivity contribution is -0.134. The molecule has 3 heterocycles. The predicted octanol–water partition coefficient (Wildman–Crippen LogP) is 4.17. The highest BCUT2D eigenvalue weighted by atomic mass is 32.1. The third kappa shape index (κ3) is 4.65. The quantitative estimate of drug-likeness (QED) is 0.527. The number of carbonyl (C=O) groups excluding carboxylic acids is 1. The molecular weight excluding hydrogens is 414 g/mol. The van der Waals surface area contributed by atoms with Crippen LogP contribution < -0.4 is 9.47 Å². The standard InChI is InChI=1S/C23H25N3O4S/c1-25(14-17-6-4-10-30-17)15-23(27)26-19(13-18(24-26)22-7-5-11-31-22)16-8-9-20(28-2)21(12-16)29-3/h4-12,19H,13-15H2,1-3H3. The molecular formula is C23H25N3O4S. The second-order valence-electron chi connectivity index (χ2n) is 7.35. The Morgan fingerprint density at radius 3 is 2.74 bits per heavy atom. The minimum atomic E-state index is -0.207. The zero-order valence-corrected chi connectivity index (χ0v) is 18.6. The molecule has 0 N–H and O–H groups in total. The molecule has 1 aromatic carbocycles. The average molecular weight is 440 g/mol. The van der Waals surface area contributed by atoms with Gasteiger partial charge in [-0.1, -0.05) is 12.1 Å². The summed E-state index contributed by atoms with van der Waals surface area (Å²) in [5.41, 5.74) is 1.87. The maximum atomic E-state index is 13.3. The van der Waals surface area contributed by atoms with E-state index in [1.165, 1.54) is 0 Å². The molecule has 31 heavy (non-hydrogen) atoms. The minimum absolute atomic E-state index is 0.0691. The number of carbonyl (C=O) groups is 1. The first kappa shape index (κ1) is 21.1. The Hall–Kier alpha value is -3.10. The molecule has 0 spiro atoms. The van der Waals surface area contributed by atoms with E-state index in [9.17, 15) is 4.79 Å². The summed E-state index contributed by atoms with van der Waals surface area (Å²) in [6, 6.07) is 13.3. The van der Waals surface area contributed by atoms with Crippen molar-refractivity contribution in [1.29, 1.82) is 0 Å². The van der Waals surface area contributed by atoms with Crippen LogP contribution in [-0.2, 0) is 11.3 Å². The molecule has 2 aromatic heterocycles. The van der Waals surface area contributed by atoms with E-state index in [4.69, 9.17) is 19.0 Å². The fraction of sp³-hybridized carbons (Fsp3) is 0.304. The summed E-state index contributed by atoms with van der Waals surface area (Å²) in [6.45, 7) is 0.779. The van der Waals surface area contributed by atoms with E-state index in [-0.39, 0.29) is 18.5 Å². The molecule has 4 rings (SSSR count). The summed E-state index contributed by atoms with van der Waals surface area (Å²) in [6.07, 6.45) is 2.28. The Kier molecular flexibility index (Phi) is 6.39. The number of ether oxygens (including phenoxy) is 2. The summed E-state index contributed by atoms with van der Waals surface area (Å²) in [5.74, 6) is 2.03. The van der Waals surface area contributed by atoms with Crippen LogP contribution in [0.1, 0.15) is 28.7 Å². The number of amides is 1. The number of methoxy groups -OCH3 is 2. The molecule has 8 heteroatoms. The lowest BCUT2D eigenvalue weighted by atomic mass is 10.0. The molecule has 1 aliphatic rings. The second-order valence-corrected chi connectivity index (χ2v) is 8.30. The van der Waals surface area contributed by atoms with Gasteiger partial charge in [-0.05, 0) is 48.3 Å². The average Bonchev–Trinajstić information content (AvgIpc) is 3.54. The van der Waals surface area contributed by atoms with Crippen molar-refractivity contribution in [3.63, 3.8) is 0 Å². The van der Waals surface area contributed by atoms with Crippen molar-refractivity contribution in [3.05, 3.63) is 70.3 Å². The molecule has 0 saturated heterocycles. The van der Waals surface area contributed by atoms with Gasteiger partial charge in [0.05, 0.1) is 50.2 Å². The number of hydrogen-bond acceptors (Lipinski definition) is 7. The monoisotopic (exact) mass is 439 g/mol. The van der Waals surface area contributed by atoms with E-state index in [1.54, 1.807) is 36.8 Å². The Bertz CT molecular complexity index is 1050. The number of furan rings is 1. The highest BCUT2D eigenvalue weighted by Gasteiger charge is 2.34. The molecule has 1 amide bonds. The molecule has 0 aliphatic carbocycles. The van der Waals surface area contributed by atoms with Gasteiger partial charge in [0, 0.05) is 6.42 Å². The van der Waals surface area contributed by atoms with E-state index in [2.05, 4.69) is 0 Å². The van der Waals surface area contributed by atoms with Crippen LogP contribution in [0.2, 0.25) is 0 Å². The maximum absolute atomic E-state index is 13.3. The number of rotatable bonds is 8. The van der Waals surface area contributed by atoms with Crippen LogP contribution in [0.4, 0.5) is 0 Å². The Balaban J connectivity index is 1.58. The molecule has 1 atom stereocenters. The molecule has 1 aliphatic heterocycles. The van der Waals surface area contributed by atoms with E-state index >= 15 is 0 Å². The molecule has 1 unspecified atom stereocenters. The van der Waals surface area contributed by atoms with Crippen LogP contribution in [0, 0.1) is 0 Å². The molecule has 0 bridgehead atoms. The Morgan fingerprint density at radius 1 is 1.23 bits per heavy atom. The van der Waals surface area contributed by atoms with Crippen LogP contribution in [0.3, 0.4) is 0 Å².